The van der Waals surface area contributed by atoms with Gasteiger partial charge in [0, 0.05) is 38.7 Å². The number of nitrogens with zero attached hydrogens (tertiary/aromatic N) is 3. The van der Waals surface area contributed by atoms with E-state index in [0.29, 0.717) is 19.5 Å². The molecule has 1 amide bonds. The van der Waals surface area contributed by atoms with E-state index in [1.54, 1.807) is 6.20 Å². The molecule has 1 saturated heterocycles. The zero-order valence-electron chi connectivity index (χ0n) is 15.6. The van der Waals surface area contributed by atoms with Gasteiger partial charge in [-0.05, 0) is 12.3 Å². The number of aromatic nitrogens is 2. The maximum Gasteiger partial charge on any atom is 0.220 e. The molecule has 2 fully saturated rings. The van der Waals surface area contributed by atoms with Crippen molar-refractivity contribution in [3.63, 3.8) is 0 Å². The molecule has 0 atom stereocenters. The summed E-state index contributed by atoms with van der Waals surface area (Å²) in [5.74, 6) is 1.65. The van der Waals surface area contributed by atoms with Crippen molar-refractivity contribution < 1.29 is 9.53 Å². The summed E-state index contributed by atoms with van der Waals surface area (Å²) in [6.45, 7) is 4.50. The van der Waals surface area contributed by atoms with Crippen LogP contribution in [0, 0.1) is 5.92 Å². The summed E-state index contributed by atoms with van der Waals surface area (Å²) in [5.41, 5.74) is 1.06. The van der Waals surface area contributed by atoms with E-state index in [-0.39, 0.29) is 5.91 Å². The Morgan fingerprint density at radius 2 is 2.00 bits per heavy atom. The molecular weight excluding hydrogens is 330 g/mol. The van der Waals surface area contributed by atoms with Crippen LogP contribution in [0.1, 0.15) is 44.9 Å². The Morgan fingerprint density at radius 3 is 2.81 bits per heavy atom. The van der Waals surface area contributed by atoms with Crippen molar-refractivity contribution in [2.75, 3.05) is 49.6 Å². The van der Waals surface area contributed by atoms with Gasteiger partial charge in [-0.1, -0.05) is 32.1 Å². The third kappa shape index (κ3) is 6.12. The number of carbonyl (C=O) groups excluding carboxylic acids is 1. The first kappa shape index (κ1) is 18.9. The molecule has 1 saturated carbocycles. The van der Waals surface area contributed by atoms with Crippen LogP contribution in [0.3, 0.4) is 0 Å². The Kier molecular flexibility index (Phi) is 7.49. The van der Waals surface area contributed by atoms with Gasteiger partial charge in [-0.15, -0.1) is 5.10 Å². The van der Waals surface area contributed by atoms with E-state index in [4.69, 9.17) is 4.74 Å². The lowest BCUT2D eigenvalue weighted by Crippen LogP contribution is -2.36. The Morgan fingerprint density at radius 1 is 1.19 bits per heavy atom. The van der Waals surface area contributed by atoms with Crippen LogP contribution < -0.4 is 15.5 Å². The number of nitrogens with one attached hydrogen (secondary N) is 2. The smallest absolute Gasteiger partial charge is 0.220 e. The highest BCUT2D eigenvalue weighted by Gasteiger charge is 2.15. The fourth-order valence-electron chi connectivity index (χ4n) is 3.73. The van der Waals surface area contributed by atoms with Crippen molar-refractivity contribution in [3.8, 4) is 0 Å². The van der Waals surface area contributed by atoms with Crippen LogP contribution in [0.25, 0.3) is 0 Å². The number of hydrogen-bond donors (Lipinski definition) is 2. The SMILES string of the molecule is O=C(CCC1CCCCC1)NCCNc1cc(N2CCOCC2)cnn1. The van der Waals surface area contributed by atoms with Crippen LogP contribution in [-0.4, -0.2) is 55.5 Å². The highest BCUT2D eigenvalue weighted by atomic mass is 16.5. The summed E-state index contributed by atoms with van der Waals surface area (Å²) in [5, 5.41) is 14.4. The van der Waals surface area contributed by atoms with Crippen LogP contribution in [-0.2, 0) is 9.53 Å². The molecule has 2 N–H and O–H groups in total. The van der Waals surface area contributed by atoms with Gasteiger partial charge in [0.05, 0.1) is 25.1 Å². The Labute approximate surface area is 155 Å². The minimum absolute atomic E-state index is 0.158. The van der Waals surface area contributed by atoms with Crippen molar-refractivity contribution in [2.24, 2.45) is 5.92 Å². The van der Waals surface area contributed by atoms with Crippen LogP contribution >= 0.6 is 0 Å². The molecular formula is C19H31N5O2. The third-order valence-electron chi connectivity index (χ3n) is 5.27. The lowest BCUT2D eigenvalue weighted by Gasteiger charge is -2.28. The van der Waals surface area contributed by atoms with Crippen molar-refractivity contribution >= 4 is 17.4 Å². The minimum Gasteiger partial charge on any atom is -0.378 e. The predicted octanol–water partition coefficient (Wildman–Crippen LogP) is 2.20. The fraction of sp³-hybridized carbons (Fsp3) is 0.737. The molecule has 144 valence electrons. The van der Waals surface area contributed by atoms with Gasteiger partial charge in [0.15, 0.2) is 5.82 Å². The van der Waals surface area contributed by atoms with E-state index in [2.05, 4.69) is 25.7 Å². The normalized spacial score (nSPS) is 18.5. The second-order valence-corrected chi connectivity index (χ2v) is 7.22. The third-order valence-corrected chi connectivity index (χ3v) is 5.27. The van der Waals surface area contributed by atoms with Gasteiger partial charge in [0.1, 0.15) is 0 Å². The topological polar surface area (TPSA) is 79.4 Å². The van der Waals surface area contributed by atoms with Gasteiger partial charge in [-0.25, -0.2) is 0 Å². The van der Waals surface area contributed by atoms with Crippen LogP contribution in [0.4, 0.5) is 11.5 Å². The minimum atomic E-state index is 0.158. The van der Waals surface area contributed by atoms with E-state index in [1.807, 2.05) is 6.07 Å². The van der Waals surface area contributed by atoms with E-state index >= 15 is 0 Å². The molecule has 2 heterocycles. The lowest BCUT2D eigenvalue weighted by molar-refractivity contribution is -0.121. The first-order valence-corrected chi connectivity index (χ1v) is 9.97. The molecule has 1 aromatic heterocycles. The van der Waals surface area contributed by atoms with E-state index < -0.39 is 0 Å². The van der Waals surface area contributed by atoms with Gasteiger partial charge < -0.3 is 20.3 Å². The highest BCUT2D eigenvalue weighted by Crippen LogP contribution is 2.27. The van der Waals surface area contributed by atoms with Gasteiger partial charge >= 0.3 is 0 Å². The van der Waals surface area contributed by atoms with Crippen molar-refractivity contribution in [1.82, 2.24) is 15.5 Å². The molecule has 26 heavy (non-hydrogen) atoms. The molecule has 0 bridgehead atoms. The monoisotopic (exact) mass is 361 g/mol. The molecule has 1 aromatic rings. The Bertz CT molecular complexity index is 557. The summed E-state index contributed by atoms with van der Waals surface area (Å²) in [7, 11) is 0. The highest BCUT2D eigenvalue weighted by molar-refractivity contribution is 5.75. The number of hydrogen-bond acceptors (Lipinski definition) is 6. The first-order valence-electron chi connectivity index (χ1n) is 9.97. The molecule has 0 aromatic carbocycles. The maximum absolute atomic E-state index is 12.0. The van der Waals surface area contributed by atoms with Gasteiger partial charge in [-0.3, -0.25) is 4.79 Å². The van der Waals surface area contributed by atoms with Gasteiger partial charge in [-0.2, -0.15) is 5.10 Å². The van der Waals surface area contributed by atoms with Crippen LogP contribution in [0.15, 0.2) is 12.3 Å². The van der Waals surface area contributed by atoms with E-state index in [9.17, 15) is 4.79 Å². The average molecular weight is 361 g/mol. The average Bonchev–Trinajstić information content (AvgIpc) is 2.71. The molecule has 7 heteroatoms. The molecule has 7 nitrogen and oxygen atoms in total. The summed E-state index contributed by atoms with van der Waals surface area (Å²) >= 11 is 0. The number of ether oxygens (including phenoxy) is 1. The lowest BCUT2D eigenvalue weighted by atomic mass is 9.86. The number of anilines is 2. The molecule has 0 unspecified atom stereocenters. The number of amides is 1. The number of carbonyl (C=O) groups is 1. The number of morpholine rings is 1. The van der Waals surface area contributed by atoms with E-state index in [0.717, 1.165) is 50.1 Å². The number of rotatable bonds is 8. The molecule has 0 radical (unpaired) electrons. The van der Waals surface area contributed by atoms with E-state index in [1.165, 1.54) is 32.1 Å². The first-order chi connectivity index (χ1) is 12.8. The van der Waals surface area contributed by atoms with Gasteiger partial charge in [0.2, 0.25) is 5.91 Å². The van der Waals surface area contributed by atoms with Crippen molar-refractivity contribution in [3.05, 3.63) is 12.3 Å². The molecule has 0 spiro atoms. The zero-order chi connectivity index (χ0) is 18.0. The van der Waals surface area contributed by atoms with Gasteiger partial charge in [0.25, 0.3) is 0 Å². The zero-order valence-corrected chi connectivity index (χ0v) is 15.6. The predicted molar refractivity (Wildman–Crippen MR) is 102 cm³/mol. The molecule has 2 aliphatic rings. The van der Waals surface area contributed by atoms with Crippen molar-refractivity contribution in [2.45, 2.75) is 44.9 Å². The largest absolute Gasteiger partial charge is 0.378 e. The summed E-state index contributed by atoms with van der Waals surface area (Å²) in [6.07, 6.45) is 10.1. The summed E-state index contributed by atoms with van der Waals surface area (Å²) in [6, 6.07) is 2.00. The Balaban J connectivity index is 1.32. The molecule has 3 rings (SSSR count). The standard InChI is InChI=1S/C19H31N5O2/c25-19(7-6-16-4-2-1-3-5-16)21-9-8-20-18-14-17(15-22-23-18)24-10-12-26-13-11-24/h14-16H,1-13H2,(H,20,23)(H,21,25). The summed E-state index contributed by atoms with van der Waals surface area (Å²) < 4.78 is 5.38. The van der Waals surface area contributed by atoms with Crippen molar-refractivity contribution in [1.29, 1.82) is 0 Å². The quantitative estimate of drug-likeness (QED) is 0.691. The second kappa shape index (κ2) is 10.3. The second-order valence-electron chi connectivity index (χ2n) is 7.22. The fourth-order valence-corrected chi connectivity index (χ4v) is 3.73. The van der Waals surface area contributed by atoms with Crippen LogP contribution in [0.2, 0.25) is 0 Å². The maximum atomic E-state index is 12.0. The summed E-state index contributed by atoms with van der Waals surface area (Å²) in [4.78, 5) is 14.2. The Hall–Kier alpha value is -1.89. The molecule has 1 aliphatic heterocycles. The van der Waals surface area contributed by atoms with Crippen LogP contribution in [0.5, 0.6) is 0 Å². The molecule has 1 aliphatic carbocycles.